The summed E-state index contributed by atoms with van der Waals surface area (Å²) >= 11 is 0. The van der Waals surface area contributed by atoms with E-state index in [1.54, 1.807) is 17.0 Å². The van der Waals surface area contributed by atoms with Crippen molar-refractivity contribution in [2.75, 3.05) is 38.3 Å². The van der Waals surface area contributed by atoms with Crippen LogP contribution in [0.5, 0.6) is 0 Å². The zero-order chi connectivity index (χ0) is 13.8. The van der Waals surface area contributed by atoms with Gasteiger partial charge in [0.1, 0.15) is 0 Å². The summed E-state index contributed by atoms with van der Waals surface area (Å²) < 4.78 is 7.20. The Labute approximate surface area is 113 Å². The highest BCUT2D eigenvalue weighted by Crippen LogP contribution is 2.13. The second-order valence-corrected chi connectivity index (χ2v) is 5.04. The van der Waals surface area contributed by atoms with Crippen molar-refractivity contribution in [1.82, 2.24) is 14.9 Å². The zero-order valence-electron chi connectivity index (χ0n) is 11.8. The molecule has 0 bridgehead atoms. The Balaban J connectivity index is 2.34. The monoisotopic (exact) mass is 266 g/mol. The first-order chi connectivity index (χ1) is 9.15. The standard InChI is InChI=1S/C13H22N4O2/c1-10(2)16-5-4-15-12(13(16)18)17-6-7-19-9-11(17)8-14-3/h4-5,10-11,14H,6-9H2,1-3H3. The van der Waals surface area contributed by atoms with Crippen LogP contribution in [0.2, 0.25) is 0 Å². The number of nitrogens with one attached hydrogen (secondary N) is 1. The van der Waals surface area contributed by atoms with E-state index in [2.05, 4.69) is 15.2 Å². The fourth-order valence-corrected chi connectivity index (χ4v) is 2.36. The number of aromatic nitrogens is 2. The lowest BCUT2D eigenvalue weighted by Crippen LogP contribution is -2.52. The summed E-state index contributed by atoms with van der Waals surface area (Å²) in [6, 6.07) is 0.292. The van der Waals surface area contributed by atoms with Gasteiger partial charge < -0.3 is 19.5 Å². The molecular weight excluding hydrogens is 244 g/mol. The van der Waals surface area contributed by atoms with Crippen LogP contribution in [0.1, 0.15) is 19.9 Å². The second kappa shape index (κ2) is 6.16. The molecule has 106 valence electrons. The summed E-state index contributed by atoms with van der Waals surface area (Å²) in [4.78, 5) is 18.8. The van der Waals surface area contributed by atoms with Crippen LogP contribution >= 0.6 is 0 Å². The number of likely N-dealkylation sites (N-methyl/N-ethyl adjacent to an activating group) is 1. The summed E-state index contributed by atoms with van der Waals surface area (Å²) in [5.41, 5.74) is -0.0273. The molecule has 1 aliphatic heterocycles. The molecule has 1 atom stereocenters. The third kappa shape index (κ3) is 2.96. The van der Waals surface area contributed by atoms with Crippen molar-refractivity contribution < 1.29 is 4.74 Å². The van der Waals surface area contributed by atoms with E-state index in [0.29, 0.717) is 25.6 Å². The molecule has 2 rings (SSSR count). The summed E-state index contributed by atoms with van der Waals surface area (Å²) in [5.74, 6) is 0.528. The molecule has 6 heteroatoms. The Morgan fingerprint density at radius 3 is 3.05 bits per heavy atom. The lowest BCUT2D eigenvalue weighted by Gasteiger charge is -2.36. The van der Waals surface area contributed by atoms with Crippen molar-refractivity contribution in [3.63, 3.8) is 0 Å². The number of hydrogen-bond donors (Lipinski definition) is 1. The number of hydrogen-bond acceptors (Lipinski definition) is 5. The van der Waals surface area contributed by atoms with E-state index in [9.17, 15) is 4.79 Å². The molecule has 1 aromatic rings. The van der Waals surface area contributed by atoms with Crippen molar-refractivity contribution in [1.29, 1.82) is 0 Å². The predicted octanol–water partition coefficient (Wildman–Crippen LogP) is 0.249. The molecule has 19 heavy (non-hydrogen) atoms. The van der Waals surface area contributed by atoms with Gasteiger partial charge in [0.2, 0.25) is 0 Å². The molecule has 2 heterocycles. The van der Waals surface area contributed by atoms with E-state index in [0.717, 1.165) is 6.54 Å². The fraction of sp³-hybridized carbons (Fsp3) is 0.692. The van der Waals surface area contributed by atoms with E-state index in [4.69, 9.17) is 4.74 Å². The number of rotatable bonds is 4. The number of nitrogens with zero attached hydrogens (tertiary/aromatic N) is 3. The average Bonchev–Trinajstić information content (AvgIpc) is 2.40. The van der Waals surface area contributed by atoms with E-state index in [1.807, 2.05) is 20.9 Å². The van der Waals surface area contributed by atoms with Crippen LogP contribution in [0, 0.1) is 0 Å². The van der Waals surface area contributed by atoms with E-state index in [1.165, 1.54) is 0 Å². The van der Waals surface area contributed by atoms with Gasteiger partial charge in [-0.2, -0.15) is 0 Å². The highest BCUT2D eigenvalue weighted by molar-refractivity contribution is 5.38. The fourth-order valence-electron chi connectivity index (χ4n) is 2.36. The normalized spacial score (nSPS) is 20.0. The molecule has 1 fully saturated rings. The quantitative estimate of drug-likeness (QED) is 0.846. The van der Waals surface area contributed by atoms with Crippen molar-refractivity contribution in [3.8, 4) is 0 Å². The third-order valence-corrected chi connectivity index (χ3v) is 3.35. The molecule has 0 amide bonds. The Hall–Kier alpha value is -1.40. The Morgan fingerprint density at radius 1 is 1.58 bits per heavy atom. The van der Waals surface area contributed by atoms with Crippen molar-refractivity contribution in [3.05, 3.63) is 22.7 Å². The first-order valence-corrected chi connectivity index (χ1v) is 6.71. The van der Waals surface area contributed by atoms with Gasteiger partial charge in [-0.25, -0.2) is 4.98 Å². The first kappa shape index (κ1) is 14.0. The maximum Gasteiger partial charge on any atom is 0.293 e. The third-order valence-electron chi connectivity index (χ3n) is 3.35. The maximum absolute atomic E-state index is 12.5. The van der Waals surface area contributed by atoms with Crippen LogP contribution < -0.4 is 15.8 Å². The Bertz CT molecular complexity index is 470. The molecular formula is C13H22N4O2. The van der Waals surface area contributed by atoms with Gasteiger partial charge in [-0.3, -0.25) is 4.79 Å². The van der Waals surface area contributed by atoms with Crippen molar-refractivity contribution in [2.24, 2.45) is 0 Å². The zero-order valence-corrected chi connectivity index (χ0v) is 11.8. The van der Waals surface area contributed by atoms with Crippen LogP contribution in [0.4, 0.5) is 5.82 Å². The molecule has 0 aromatic carbocycles. The summed E-state index contributed by atoms with van der Waals surface area (Å²) in [5, 5.41) is 3.14. The Morgan fingerprint density at radius 2 is 2.37 bits per heavy atom. The molecule has 0 spiro atoms. The molecule has 0 radical (unpaired) electrons. The maximum atomic E-state index is 12.5. The molecule has 1 saturated heterocycles. The summed E-state index contributed by atoms with van der Waals surface area (Å²) in [7, 11) is 1.90. The first-order valence-electron chi connectivity index (χ1n) is 6.71. The largest absolute Gasteiger partial charge is 0.377 e. The van der Waals surface area contributed by atoms with Gasteiger partial charge in [0.15, 0.2) is 5.82 Å². The molecule has 1 aromatic heterocycles. The second-order valence-electron chi connectivity index (χ2n) is 5.04. The average molecular weight is 266 g/mol. The van der Waals surface area contributed by atoms with E-state index >= 15 is 0 Å². The van der Waals surface area contributed by atoms with Crippen LogP contribution in [-0.4, -0.2) is 48.9 Å². The Kier molecular flexibility index (Phi) is 4.55. The lowest BCUT2D eigenvalue weighted by molar-refractivity contribution is 0.0937. The number of morpholine rings is 1. The van der Waals surface area contributed by atoms with Gasteiger partial charge in [0, 0.05) is 31.5 Å². The van der Waals surface area contributed by atoms with Gasteiger partial charge >= 0.3 is 0 Å². The van der Waals surface area contributed by atoms with Crippen LogP contribution in [0.15, 0.2) is 17.2 Å². The van der Waals surface area contributed by atoms with Gasteiger partial charge in [0.25, 0.3) is 5.56 Å². The van der Waals surface area contributed by atoms with Crippen molar-refractivity contribution >= 4 is 5.82 Å². The SMILES string of the molecule is CNCC1COCCN1c1nccn(C(C)C)c1=O. The van der Waals surface area contributed by atoms with Gasteiger partial charge in [-0.15, -0.1) is 0 Å². The van der Waals surface area contributed by atoms with E-state index < -0.39 is 0 Å². The smallest absolute Gasteiger partial charge is 0.293 e. The number of ether oxygens (including phenoxy) is 1. The minimum atomic E-state index is -0.0273. The number of anilines is 1. The van der Waals surface area contributed by atoms with Gasteiger partial charge in [-0.05, 0) is 20.9 Å². The van der Waals surface area contributed by atoms with E-state index in [-0.39, 0.29) is 17.6 Å². The minimum Gasteiger partial charge on any atom is -0.377 e. The molecule has 1 unspecified atom stereocenters. The van der Waals surface area contributed by atoms with Crippen molar-refractivity contribution in [2.45, 2.75) is 25.9 Å². The van der Waals surface area contributed by atoms with Crippen LogP contribution in [-0.2, 0) is 4.74 Å². The molecule has 0 aliphatic carbocycles. The molecule has 1 N–H and O–H groups in total. The van der Waals surface area contributed by atoms with Gasteiger partial charge in [-0.1, -0.05) is 0 Å². The molecule has 6 nitrogen and oxygen atoms in total. The summed E-state index contributed by atoms with van der Waals surface area (Å²) in [6.07, 6.45) is 3.44. The highest BCUT2D eigenvalue weighted by atomic mass is 16.5. The highest BCUT2D eigenvalue weighted by Gasteiger charge is 2.26. The van der Waals surface area contributed by atoms with Crippen LogP contribution in [0.25, 0.3) is 0 Å². The van der Waals surface area contributed by atoms with Gasteiger partial charge in [0.05, 0.1) is 19.3 Å². The lowest BCUT2D eigenvalue weighted by atomic mass is 10.2. The molecule has 0 saturated carbocycles. The summed E-state index contributed by atoms with van der Waals surface area (Å²) in [6.45, 7) is 6.73. The molecule has 1 aliphatic rings. The predicted molar refractivity (Wildman–Crippen MR) is 74.8 cm³/mol. The topological polar surface area (TPSA) is 59.4 Å². The van der Waals surface area contributed by atoms with Crippen LogP contribution in [0.3, 0.4) is 0 Å². The minimum absolute atomic E-state index is 0.0273.